The van der Waals surface area contributed by atoms with Gasteiger partial charge in [-0.3, -0.25) is 14.5 Å². The van der Waals surface area contributed by atoms with E-state index in [0.29, 0.717) is 5.01 Å². The largest absolute Gasteiger partial charge is 0.299 e. The van der Waals surface area contributed by atoms with E-state index in [9.17, 15) is 14.0 Å². The topological polar surface area (TPSA) is 50.3 Å². The van der Waals surface area contributed by atoms with E-state index in [4.69, 9.17) is 0 Å². The highest BCUT2D eigenvalue weighted by atomic mass is 32.1. The van der Waals surface area contributed by atoms with Crippen molar-refractivity contribution in [3.8, 4) is 0 Å². The molecule has 3 rings (SSSR count). The Morgan fingerprint density at radius 2 is 2.17 bits per heavy atom. The van der Waals surface area contributed by atoms with Gasteiger partial charge < -0.3 is 0 Å². The minimum Gasteiger partial charge on any atom is -0.295 e. The Hall–Kier alpha value is -2.08. The van der Waals surface area contributed by atoms with E-state index in [-0.39, 0.29) is 17.8 Å². The van der Waals surface area contributed by atoms with Crippen LogP contribution in [0.1, 0.15) is 15.4 Å². The van der Waals surface area contributed by atoms with Crippen LogP contribution in [0.2, 0.25) is 0 Å². The maximum atomic E-state index is 13.8. The molecule has 1 aromatic heterocycles. The highest BCUT2D eigenvalue weighted by molar-refractivity contribution is 7.09. The lowest BCUT2D eigenvalue weighted by atomic mass is 10.1. The number of amides is 1. The van der Waals surface area contributed by atoms with E-state index in [1.165, 1.54) is 29.5 Å². The molecule has 0 radical (unpaired) electrons. The molecule has 1 aromatic carbocycles. The summed E-state index contributed by atoms with van der Waals surface area (Å²) in [6, 6.07) is 4.12. The third-order valence-corrected chi connectivity index (χ3v) is 3.48. The summed E-state index contributed by atoms with van der Waals surface area (Å²) in [4.78, 5) is 28.7. The van der Waals surface area contributed by atoms with Crippen LogP contribution in [-0.2, 0) is 11.3 Å². The molecule has 1 amide bonds. The van der Waals surface area contributed by atoms with Crippen LogP contribution in [0.3, 0.4) is 0 Å². The van der Waals surface area contributed by atoms with E-state index in [0.717, 1.165) is 4.90 Å². The van der Waals surface area contributed by atoms with Gasteiger partial charge in [-0.25, -0.2) is 9.37 Å². The zero-order valence-electron chi connectivity index (χ0n) is 9.09. The normalized spacial score (nSPS) is 14.2. The van der Waals surface area contributed by atoms with E-state index in [2.05, 4.69) is 4.98 Å². The maximum absolute atomic E-state index is 13.8. The fourth-order valence-electron chi connectivity index (χ4n) is 1.93. The molecule has 0 fully saturated rings. The van der Waals surface area contributed by atoms with Crippen molar-refractivity contribution in [2.24, 2.45) is 0 Å². The monoisotopic (exact) mass is 262 g/mol. The number of nitrogens with zero attached hydrogens (tertiary/aromatic N) is 2. The van der Waals surface area contributed by atoms with Crippen LogP contribution in [0, 0.1) is 5.82 Å². The third kappa shape index (κ3) is 1.53. The molecule has 6 heteroatoms. The maximum Gasteiger partial charge on any atom is 0.299 e. The van der Waals surface area contributed by atoms with Crippen molar-refractivity contribution in [2.75, 3.05) is 4.90 Å². The van der Waals surface area contributed by atoms with E-state index in [1.54, 1.807) is 11.6 Å². The molecule has 0 aliphatic carbocycles. The predicted molar refractivity (Wildman–Crippen MR) is 64.0 cm³/mol. The van der Waals surface area contributed by atoms with Gasteiger partial charge in [-0.05, 0) is 12.1 Å². The van der Waals surface area contributed by atoms with Crippen LogP contribution in [-0.4, -0.2) is 16.7 Å². The Labute approximate surface area is 106 Å². The van der Waals surface area contributed by atoms with Gasteiger partial charge in [0.05, 0.1) is 17.8 Å². The molecule has 0 atom stereocenters. The van der Waals surface area contributed by atoms with Crippen molar-refractivity contribution in [1.29, 1.82) is 0 Å². The molecule has 18 heavy (non-hydrogen) atoms. The number of carbonyl (C=O) groups is 2. The van der Waals surface area contributed by atoms with Crippen LogP contribution >= 0.6 is 11.3 Å². The molecule has 0 unspecified atom stereocenters. The number of Topliss-reactive ketones (excluding diaryl/α,β-unsaturated/α-hetero) is 1. The van der Waals surface area contributed by atoms with E-state index < -0.39 is 17.5 Å². The minimum absolute atomic E-state index is 0.0581. The lowest BCUT2D eigenvalue weighted by Crippen LogP contribution is -2.29. The summed E-state index contributed by atoms with van der Waals surface area (Å²) in [7, 11) is 0. The van der Waals surface area contributed by atoms with Crippen LogP contribution < -0.4 is 4.90 Å². The Kier molecular flexibility index (Phi) is 2.45. The summed E-state index contributed by atoms with van der Waals surface area (Å²) >= 11 is 1.35. The summed E-state index contributed by atoms with van der Waals surface area (Å²) in [6.45, 7) is 0.121. The smallest absolute Gasteiger partial charge is 0.295 e. The molecular weight excluding hydrogens is 255 g/mol. The van der Waals surface area contributed by atoms with Crippen LogP contribution in [0.25, 0.3) is 0 Å². The molecule has 90 valence electrons. The zero-order valence-corrected chi connectivity index (χ0v) is 9.91. The lowest BCUT2D eigenvalue weighted by molar-refractivity contribution is -0.114. The molecule has 2 aromatic rings. The average Bonchev–Trinajstić information content (AvgIpc) is 2.94. The van der Waals surface area contributed by atoms with Gasteiger partial charge in [0.25, 0.3) is 11.7 Å². The van der Waals surface area contributed by atoms with Crippen LogP contribution in [0.4, 0.5) is 10.1 Å². The summed E-state index contributed by atoms with van der Waals surface area (Å²) in [6.07, 6.45) is 1.60. The number of fused-ring (bicyclic) bond motifs is 1. The number of anilines is 1. The van der Waals surface area contributed by atoms with Crippen LogP contribution in [0.15, 0.2) is 29.8 Å². The lowest BCUT2D eigenvalue weighted by Gasteiger charge is -2.15. The van der Waals surface area contributed by atoms with E-state index >= 15 is 0 Å². The van der Waals surface area contributed by atoms with Crippen molar-refractivity contribution in [1.82, 2.24) is 4.98 Å². The molecular formula is C12H7FN2O2S. The second kappa shape index (κ2) is 3.99. The minimum atomic E-state index is -0.703. The van der Waals surface area contributed by atoms with Gasteiger partial charge in [0, 0.05) is 11.6 Å². The molecule has 1 aliphatic rings. The summed E-state index contributed by atoms with van der Waals surface area (Å²) < 4.78 is 13.8. The fraction of sp³-hybridized carbons (Fsp3) is 0.0833. The van der Waals surface area contributed by atoms with Crippen molar-refractivity contribution >= 4 is 28.7 Å². The van der Waals surface area contributed by atoms with Gasteiger partial charge in [-0.1, -0.05) is 6.07 Å². The van der Waals surface area contributed by atoms with E-state index in [1.807, 2.05) is 0 Å². The first kappa shape index (κ1) is 11.0. The Morgan fingerprint density at radius 1 is 1.33 bits per heavy atom. The first-order valence-electron chi connectivity index (χ1n) is 5.21. The first-order valence-corrected chi connectivity index (χ1v) is 6.09. The van der Waals surface area contributed by atoms with Crippen molar-refractivity contribution in [2.45, 2.75) is 6.54 Å². The van der Waals surface area contributed by atoms with Gasteiger partial charge >= 0.3 is 0 Å². The number of benzene rings is 1. The van der Waals surface area contributed by atoms with Gasteiger partial charge in [-0.15, -0.1) is 11.3 Å². The number of aromatic nitrogens is 1. The van der Waals surface area contributed by atoms with Crippen molar-refractivity contribution in [3.05, 3.63) is 46.2 Å². The Bertz CT molecular complexity index is 640. The van der Waals surface area contributed by atoms with Crippen molar-refractivity contribution in [3.63, 3.8) is 0 Å². The summed E-state index contributed by atoms with van der Waals surface area (Å²) in [5.41, 5.74) is 0.180. The molecule has 0 saturated heterocycles. The molecule has 4 nitrogen and oxygen atoms in total. The quantitative estimate of drug-likeness (QED) is 0.778. The molecule has 1 aliphatic heterocycles. The molecule has 0 bridgehead atoms. The predicted octanol–water partition coefficient (Wildman–Crippen LogP) is 2.01. The molecule has 2 heterocycles. The molecule has 0 saturated carbocycles. The highest BCUT2D eigenvalue weighted by Gasteiger charge is 2.38. The SMILES string of the molecule is O=C1C(=O)N(Cc2nccs2)c2c(F)cccc21. The standard InChI is InChI=1S/C12H7FN2O2S/c13-8-3-1-2-7-10(8)15(12(17)11(7)16)6-9-14-4-5-18-9/h1-5H,6H2. The number of hydrogen-bond donors (Lipinski definition) is 0. The second-order valence-corrected chi connectivity index (χ2v) is 4.76. The first-order chi connectivity index (χ1) is 8.68. The number of para-hydroxylation sites is 1. The van der Waals surface area contributed by atoms with Gasteiger partial charge in [0.15, 0.2) is 0 Å². The number of thiazole rings is 1. The third-order valence-electron chi connectivity index (χ3n) is 2.72. The average molecular weight is 262 g/mol. The molecule has 0 N–H and O–H groups in total. The number of ketones is 1. The van der Waals surface area contributed by atoms with Gasteiger partial charge in [0.2, 0.25) is 0 Å². The number of halogens is 1. The number of carbonyl (C=O) groups excluding carboxylic acids is 2. The van der Waals surface area contributed by atoms with Crippen LogP contribution in [0.5, 0.6) is 0 Å². The highest BCUT2D eigenvalue weighted by Crippen LogP contribution is 2.32. The Balaban J connectivity index is 2.07. The molecule has 0 spiro atoms. The Morgan fingerprint density at radius 3 is 2.89 bits per heavy atom. The number of hydrogen-bond acceptors (Lipinski definition) is 4. The van der Waals surface area contributed by atoms with Gasteiger partial charge in [0.1, 0.15) is 10.8 Å². The fourth-order valence-corrected chi connectivity index (χ4v) is 2.53. The second-order valence-electron chi connectivity index (χ2n) is 3.78. The summed E-state index contributed by atoms with van der Waals surface area (Å²) in [5.74, 6) is -1.94. The van der Waals surface area contributed by atoms with Crippen molar-refractivity contribution < 1.29 is 14.0 Å². The summed E-state index contributed by atoms with van der Waals surface area (Å²) in [5, 5.41) is 2.42. The number of rotatable bonds is 2. The van der Waals surface area contributed by atoms with Gasteiger partial charge in [-0.2, -0.15) is 0 Å². The zero-order chi connectivity index (χ0) is 12.7.